The molecule has 0 aromatic heterocycles. The van der Waals surface area contributed by atoms with Gasteiger partial charge in [-0.15, -0.1) is 0 Å². The van der Waals surface area contributed by atoms with E-state index in [2.05, 4.69) is 0 Å². The first-order chi connectivity index (χ1) is 20.0. The van der Waals surface area contributed by atoms with Gasteiger partial charge in [-0.25, -0.2) is 0 Å². The first-order valence-corrected chi connectivity index (χ1v) is 12.8. The lowest BCUT2D eigenvalue weighted by Gasteiger charge is -2.31. The smallest absolute Gasteiger partial charge is 0.320 e. The predicted octanol–water partition coefficient (Wildman–Crippen LogP) is 4.18. The van der Waals surface area contributed by atoms with Crippen LogP contribution < -0.4 is 10.6 Å². The van der Waals surface area contributed by atoms with Crippen LogP contribution in [0.1, 0.15) is 68.1 Å². The molecule has 0 unspecified atom stereocenters. The maximum atomic E-state index is 14.8. The van der Waals surface area contributed by atoms with Crippen LogP contribution >= 0.6 is 0 Å². The molecule has 0 atom stereocenters. The van der Waals surface area contributed by atoms with Crippen molar-refractivity contribution >= 4 is 46.8 Å². The molecule has 2 N–H and O–H groups in total. The molecule has 2 aliphatic rings. The Bertz CT molecular complexity index is 1460. The highest BCUT2D eigenvalue weighted by Crippen LogP contribution is 2.47. The number of nitrogens with one attached hydrogen (secondary N) is 2. The summed E-state index contributed by atoms with van der Waals surface area (Å²) in [6, 6.07) is 5.97. The fourth-order valence-corrected chi connectivity index (χ4v) is 4.61. The molecule has 4 rings (SSSR count). The number of rotatable bonds is 10. The van der Waals surface area contributed by atoms with Crippen LogP contribution in [0.25, 0.3) is 0 Å². The van der Waals surface area contributed by atoms with Gasteiger partial charge in [0.25, 0.3) is 23.6 Å². The van der Waals surface area contributed by atoms with E-state index in [-0.39, 0.29) is 24.2 Å². The standard InChI is InChI=1S/C27H22F6N4O6/c1-3-11-36-19(38)13-7-5-9-15(17(13)21(36)40)34-23(42)25(28,29)27(32,33)26(30,31)24(43)35-16-10-6-8-14-18(16)22(41)37(12-4-2)20(14)39/h5-10H,3-4,11-12H2,1-2H3,(H,34,42)(H,35,43). The Kier molecular flexibility index (Phi) is 7.84. The minimum absolute atomic E-state index is 0.0870. The van der Waals surface area contributed by atoms with E-state index >= 15 is 0 Å². The minimum atomic E-state index is -6.66. The molecule has 228 valence electrons. The maximum absolute atomic E-state index is 14.8. The number of imide groups is 2. The number of carbonyl (C=O) groups is 6. The number of hydrogen-bond acceptors (Lipinski definition) is 6. The van der Waals surface area contributed by atoms with E-state index < -0.39 is 75.7 Å². The highest BCUT2D eigenvalue weighted by molar-refractivity contribution is 6.25. The number of halogens is 6. The highest BCUT2D eigenvalue weighted by atomic mass is 19.3. The Hall–Kier alpha value is -4.76. The van der Waals surface area contributed by atoms with Crippen LogP contribution in [0.5, 0.6) is 0 Å². The van der Waals surface area contributed by atoms with Crippen LogP contribution in [0.2, 0.25) is 0 Å². The molecule has 0 saturated heterocycles. The average molecular weight is 612 g/mol. The molecule has 6 amide bonds. The molecule has 2 aliphatic heterocycles. The molecule has 0 fully saturated rings. The summed E-state index contributed by atoms with van der Waals surface area (Å²) in [4.78, 5) is 76.3. The molecule has 2 aromatic carbocycles. The number of anilines is 2. The SMILES string of the molecule is CCCN1C(=O)c2cccc(NC(=O)C(F)(F)C(F)(F)C(F)(F)C(=O)Nc3cccc4c3C(=O)N(CCC)C4=O)c2C1=O. The molecular formula is C27H22F6N4O6. The number of fused-ring (bicyclic) bond motifs is 2. The lowest BCUT2D eigenvalue weighted by molar-refractivity contribution is -0.283. The van der Waals surface area contributed by atoms with Gasteiger partial charge in [0.05, 0.1) is 33.6 Å². The third kappa shape index (κ3) is 4.70. The van der Waals surface area contributed by atoms with E-state index in [1.807, 2.05) is 0 Å². The molecule has 43 heavy (non-hydrogen) atoms. The number of amides is 6. The molecule has 0 spiro atoms. The van der Waals surface area contributed by atoms with E-state index in [1.54, 1.807) is 13.8 Å². The second-order valence-electron chi connectivity index (χ2n) is 9.61. The molecule has 0 aliphatic carbocycles. The number of carbonyl (C=O) groups excluding carboxylic acids is 6. The third-order valence-electron chi connectivity index (χ3n) is 6.75. The van der Waals surface area contributed by atoms with Crippen molar-refractivity contribution in [1.29, 1.82) is 0 Å². The summed E-state index contributed by atoms with van der Waals surface area (Å²) >= 11 is 0. The van der Waals surface area contributed by atoms with Crippen LogP contribution in [0.3, 0.4) is 0 Å². The fourth-order valence-electron chi connectivity index (χ4n) is 4.61. The lowest BCUT2D eigenvalue weighted by Crippen LogP contribution is -2.63. The van der Waals surface area contributed by atoms with Gasteiger partial charge in [0.2, 0.25) is 0 Å². The third-order valence-corrected chi connectivity index (χ3v) is 6.75. The molecule has 0 saturated carbocycles. The van der Waals surface area contributed by atoms with Crippen molar-refractivity contribution in [2.45, 2.75) is 44.5 Å². The van der Waals surface area contributed by atoms with Crippen molar-refractivity contribution in [2.75, 3.05) is 23.7 Å². The Labute approximate surface area is 239 Å². The van der Waals surface area contributed by atoms with Gasteiger partial charge in [-0.3, -0.25) is 38.6 Å². The summed E-state index contributed by atoms with van der Waals surface area (Å²) in [6.07, 6.45) is 0.615. The van der Waals surface area contributed by atoms with Gasteiger partial charge in [0.15, 0.2) is 0 Å². The van der Waals surface area contributed by atoms with Crippen molar-refractivity contribution in [3.8, 4) is 0 Å². The van der Waals surface area contributed by atoms with Gasteiger partial charge >= 0.3 is 29.6 Å². The van der Waals surface area contributed by atoms with E-state index in [1.165, 1.54) is 10.6 Å². The van der Waals surface area contributed by atoms with Gasteiger partial charge in [0, 0.05) is 13.1 Å². The van der Waals surface area contributed by atoms with Gasteiger partial charge in [-0.2, -0.15) is 26.3 Å². The van der Waals surface area contributed by atoms with E-state index in [4.69, 9.17) is 0 Å². The van der Waals surface area contributed by atoms with Gasteiger partial charge in [0.1, 0.15) is 0 Å². The van der Waals surface area contributed by atoms with Crippen molar-refractivity contribution in [1.82, 2.24) is 9.80 Å². The Morgan fingerprint density at radius 3 is 1.30 bits per heavy atom. The molecule has 2 heterocycles. The van der Waals surface area contributed by atoms with Crippen LogP contribution in [-0.2, 0) is 9.59 Å². The van der Waals surface area contributed by atoms with Gasteiger partial charge < -0.3 is 10.6 Å². The number of alkyl halides is 6. The molecule has 2 aromatic rings. The largest absolute Gasteiger partial charge is 0.393 e. The first-order valence-electron chi connectivity index (χ1n) is 12.8. The zero-order valence-corrected chi connectivity index (χ0v) is 22.4. The van der Waals surface area contributed by atoms with Gasteiger partial charge in [-0.05, 0) is 37.1 Å². The summed E-state index contributed by atoms with van der Waals surface area (Å²) in [5, 5.41) is 2.61. The highest BCUT2D eigenvalue weighted by Gasteiger charge is 2.78. The summed E-state index contributed by atoms with van der Waals surface area (Å²) in [5.41, 5.74) is -3.52. The summed E-state index contributed by atoms with van der Waals surface area (Å²) in [7, 11) is 0. The van der Waals surface area contributed by atoms with E-state index in [0.29, 0.717) is 12.8 Å². The molecule has 10 nitrogen and oxygen atoms in total. The quantitative estimate of drug-likeness (QED) is 0.306. The summed E-state index contributed by atoms with van der Waals surface area (Å²) in [5.74, 6) is -28.9. The van der Waals surface area contributed by atoms with Crippen molar-refractivity contribution in [3.63, 3.8) is 0 Å². The molecular weight excluding hydrogens is 590 g/mol. The van der Waals surface area contributed by atoms with Crippen LogP contribution in [-0.4, -0.2) is 76.1 Å². The Morgan fingerprint density at radius 1 is 0.628 bits per heavy atom. The van der Waals surface area contributed by atoms with Gasteiger partial charge in [-0.1, -0.05) is 26.0 Å². The van der Waals surface area contributed by atoms with E-state index in [0.717, 1.165) is 46.2 Å². The maximum Gasteiger partial charge on any atom is 0.393 e. The van der Waals surface area contributed by atoms with Crippen molar-refractivity contribution < 1.29 is 55.1 Å². The topological polar surface area (TPSA) is 133 Å². The zero-order valence-electron chi connectivity index (χ0n) is 22.4. The zero-order chi connectivity index (χ0) is 32.1. The van der Waals surface area contributed by atoms with Crippen LogP contribution in [0.15, 0.2) is 36.4 Å². The first kappa shape index (κ1) is 31.2. The summed E-state index contributed by atoms with van der Waals surface area (Å²) < 4.78 is 88.6. The Morgan fingerprint density at radius 2 is 0.977 bits per heavy atom. The van der Waals surface area contributed by atoms with Crippen molar-refractivity contribution in [3.05, 3.63) is 58.7 Å². The second kappa shape index (κ2) is 10.8. The van der Waals surface area contributed by atoms with E-state index in [9.17, 15) is 55.1 Å². The molecule has 16 heteroatoms. The lowest BCUT2D eigenvalue weighted by atomic mass is 10.0. The fraction of sp³-hybridized carbons (Fsp3) is 0.333. The number of benzene rings is 2. The molecule has 0 radical (unpaired) electrons. The Balaban J connectivity index is 1.60. The summed E-state index contributed by atoms with van der Waals surface area (Å²) in [6.45, 7) is 3.07. The normalized spacial score (nSPS) is 15.2. The molecule has 0 bridgehead atoms. The number of nitrogens with zero attached hydrogens (tertiary/aromatic N) is 2. The number of hydrogen-bond donors (Lipinski definition) is 2. The minimum Gasteiger partial charge on any atom is -0.320 e. The monoisotopic (exact) mass is 612 g/mol. The predicted molar refractivity (Wildman–Crippen MR) is 136 cm³/mol. The second-order valence-corrected chi connectivity index (χ2v) is 9.61. The average Bonchev–Trinajstić information content (AvgIpc) is 3.34. The van der Waals surface area contributed by atoms with Crippen molar-refractivity contribution in [2.24, 2.45) is 0 Å². The van der Waals surface area contributed by atoms with Crippen LogP contribution in [0, 0.1) is 0 Å². The van der Waals surface area contributed by atoms with Crippen LogP contribution in [0.4, 0.5) is 37.7 Å².